The highest BCUT2D eigenvalue weighted by Gasteiger charge is 2.20. The van der Waals surface area contributed by atoms with Crippen LogP contribution in [0.1, 0.15) is 6.42 Å². The fraction of sp³-hybridized carbons (Fsp3) is 0.333. The quantitative estimate of drug-likeness (QED) is 0.576. The van der Waals surface area contributed by atoms with Crippen LogP contribution >= 0.6 is 23.5 Å². The Kier molecular flexibility index (Phi) is 7.46. The molecule has 0 saturated carbocycles. The van der Waals surface area contributed by atoms with Crippen molar-refractivity contribution in [3.8, 4) is 0 Å². The van der Waals surface area contributed by atoms with Crippen LogP contribution in [0.2, 0.25) is 0 Å². The molecule has 24 heavy (non-hydrogen) atoms. The van der Waals surface area contributed by atoms with Crippen LogP contribution in [0.3, 0.4) is 0 Å². The molecule has 0 bridgehead atoms. The number of methoxy groups -OCH3 is 1. The van der Waals surface area contributed by atoms with Gasteiger partial charge in [0.05, 0.1) is 12.9 Å². The fourth-order valence-corrected chi connectivity index (χ4v) is 3.50. The summed E-state index contributed by atoms with van der Waals surface area (Å²) in [7, 11) is 1.34. The lowest BCUT2D eigenvalue weighted by Gasteiger charge is -2.15. The van der Waals surface area contributed by atoms with Crippen molar-refractivity contribution in [1.82, 2.24) is 5.32 Å². The Labute approximate surface area is 150 Å². The lowest BCUT2D eigenvalue weighted by molar-refractivity contribution is -0.144. The predicted octanol–water partition coefficient (Wildman–Crippen LogP) is 3.34. The average Bonchev–Trinajstić information content (AvgIpc) is 2.62. The number of benzene rings is 2. The molecule has 1 amide bonds. The molecular formula is C18H21NO3S2. The van der Waals surface area contributed by atoms with Gasteiger partial charge in [0.15, 0.2) is 0 Å². The topological polar surface area (TPSA) is 55.4 Å². The van der Waals surface area contributed by atoms with E-state index in [-0.39, 0.29) is 11.7 Å². The first-order chi connectivity index (χ1) is 11.6. The predicted molar refractivity (Wildman–Crippen MR) is 102 cm³/mol. The number of hydrogen-bond acceptors (Lipinski definition) is 5. The van der Waals surface area contributed by atoms with E-state index in [0.717, 1.165) is 16.0 Å². The summed E-state index contributed by atoms with van der Waals surface area (Å²) in [6.07, 6.45) is 2.53. The zero-order valence-electron chi connectivity index (χ0n) is 13.8. The van der Waals surface area contributed by atoms with E-state index in [2.05, 4.69) is 23.5 Å². The first-order valence-electron chi connectivity index (χ1n) is 7.61. The maximum Gasteiger partial charge on any atom is 0.328 e. The molecule has 0 aliphatic carbocycles. The number of fused-ring (bicyclic) bond motifs is 1. The monoisotopic (exact) mass is 363 g/mol. The molecule has 1 N–H and O–H groups in total. The largest absolute Gasteiger partial charge is 0.467 e. The average molecular weight is 364 g/mol. The smallest absolute Gasteiger partial charge is 0.328 e. The van der Waals surface area contributed by atoms with Crippen LogP contribution < -0.4 is 5.32 Å². The standard InChI is InChI=1S/C18H21NO3S2/c1-22-18(21)16(9-10-23-2)19-17(20)12-24-15-8-7-13-5-3-4-6-14(13)11-15/h3-8,11,16H,9-10,12H2,1-2H3,(H,19,20)/t16-/m0/s1. The summed E-state index contributed by atoms with van der Waals surface area (Å²) in [6, 6.07) is 13.7. The van der Waals surface area contributed by atoms with Crippen LogP contribution in [0.4, 0.5) is 0 Å². The number of rotatable bonds is 8. The van der Waals surface area contributed by atoms with Crippen molar-refractivity contribution in [2.45, 2.75) is 17.4 Å². The maximum absolute atomic E-state index is 12.1. The Balaban J connectivity index is 1.91. The van der Waals surface area contributed by atoms with E-state index < -0.39 is 12.0 Å². The van der Waals surface area contributed by atoms with Crippen LogP contribution in [0.15, 0.2) is 47.4 Å². The molecule has 1 atom stereocenters. The molecule has 0 heterocycles. The highest BCUT2D eigenvalue weighted by molar-refractivity contribution is 8.00. The molecule has 0 aliphatic rings. The molecule has 2 aromatic carbocycles. The second kappa shape index (κ2) is 9.59. The first kappa shape index (κ1) is 18.7. The Morgan fingerprint density at radius 1 is 1.17 bits per heavy atom. The third-order valence-corrected chi connectivity index (χ3v) is 5.16. The van der Waals surface area contributed by atoms with Crippen molar-refractivity contribution in [2.24, 2.45) is 0 Å². The maximum atomic E-state index is 12.1. The minimum atomic E-state index is -0.577. The molecule has 0 radical (unpaired) electrons. The van der Waals surface area contributed by atoms with Gasteiger partial charge in [0, 0.05) is 4.90 Å². The zero-order valence-corrected chi connectivity index (χ0v) is 15.4. The first-order valence-corrected chi connectivity index (χ1v) is 9.99. The molecule has 0 aliphatic heterocycles. The van der Waals surface area contributed by atoms with Crippen LogP contribution in [-0.4, -0.2) is 42.8 Å². The number of thioether (sulfide) groups is 2. The third-order valence-electron chi connectivity index (χ3n) is 3.52. The molecule has 0 fully saturated rings. The van der Waals surface area contributed by atoms with Gasteiger partial charge >= 0.3 is 5.97 Å². The van der Waals surface area contributed by atoms with Crippen molar-refractivity contribution in [1.29, 1.82) is 0 Å². The van der Waals surface area contributed by atoms with Crippen molar-refractivity contribution in [3.05, 3.63) is 42.5 Å². The number of amides is 1. The third kappa shape index (κ3) is 5.46. The van der Waals surface area contributed by atoms with Crippen molar-refractivity contribution >= 4 is 46.2 Å². The van der Waals surface area contributed by atoms with Crippen LogP contribution in [0.5, 0.6) is 0 Å². The molecule has 2 aromatic rings. The van der Waals surface area contributed by atoms with Gasteiger partial charge in [-0.1, -0.05) is 30.3 Å². The van der Waals surface area contributed by atoms with Gasteiger partial charge in [-0.25, -0.2) is 4.79 Å². The van der Waals surface area contributed by atoms with Gasteiger partial charge < -0.3 is 10.1 Å². The lowest BCUT2D eigenvalue weighted by atomic mass is 10.1. The summed E-state index contributed by atoms with van der Waals surface area (Å²) in [6.45, 7) is 0. The Morgan fingerprint density at radius 2 is 1.92 bits per heavy atom. The number of ether oxygens (including phenoxy) is 1. The van der Waals surface area contributed by atoms with Gasteiger partial charge in [0.2, 0.25) is 5.91 Å². The molecule has 4 nitrogen and oxygen atoms in total. The number of carbonyl (C=O) groups is 2. The number of hydrogen-bond donors (Lipinski definition) is 1. The van der Waals surface area contributed by atoms with Gasteiger partial charge in [-0.2, -0.15) is 11.8 Å². The highest BCUT2D eigenvalue weighted by atomic mass is 32.2. The van der Waals surface area contributed by atoms with Crippen molar-refractivity contribution < 1.29 is 14.3 Å². The van der Waals surface area contributed by atoms with Crippen LogP contribution in [0.25, 0.3) is 10.8 Å². The van der Waals surface area contributed by atoms with Crippen molar-refractivity contribution in [3.63, 3.8) is 0 Å². The van der Waals surface area contributed by atoms with E-state index in [1.54, 1.807) is 11.8 Å². The zero-order chi connectivity index (χ0) is 17.4. The fourth-order valence-electron chi connectivity index (χ4n) is 2.27. The van der Waals surface area contributed by atoms with E-state index in [0.29, 0.717) is 6.42 Å². The Hall–Kier alpha value is -1.66. The van der Waals surface area contributed by atoms with E-state index in [4.69, 9.17) is 4.74 Å². The molecule has 0 saturated heterocycles. The van der Waals surface area contributed by atoms with Gasteiger partial charge in [0.1, 0.15) is 6.04 Å². The summed E-state index contributed by atoms with van der Waals surface area (Å²) >= 11 is 3.09. The van der Waals surface area contributed by atoms with E-state index in [1.807, 2.05) is 30.5 Å². The normalized spacial score (nSPS) is 11.9. The highest BCUT2D eigenvalue weighted by Crippen LogP contribution is 2.23. The van der Waals surface area contributed by atoms with Crippen LogP contribution in [0, 0.1) is 0 Å². The summed E-state index contributed by atoms with van der Waals surface area (Å²) in [5, 5.41) is 5.09. The van der Waals surface area contributed by atoms with E-state index in [1.165, 1.54) is 24.3 Å². The van der Waals surface area contributed by atoms with Gasteiger partial charge in [-0.05, 0) is 41.3 Å². The lowest BCUT2D eigenvalue weighted by Crippen LogP contribution is -2.42. The van der Waals surface area contributed by atoms with E-state index >= 15 is 0 Å². The number of nitrogens with one attached hydrogen (secondary N) is 1. The molecule has 0 aromatic heterocycles. The number of esters is 1. The second-order valence-electron chi connectivity index (χ2n) is 5.22. The molecule has 128 valence electrons. The van der Waals surface area contributed by atoms with Crippen LogP contribution in [-0.2, 0) is 14.3 Å². The second-order valence-corrected chi connectivity index (χ2v) is 7.26. The summed E-state index contributed by atoms with van der Waals surface area (Å²) in [4.78, 5) is 24.9. The van der Waals surface area contributed by atoms with Gasteiger partial charge in [-0.3, -0.25) is 4.79 Å². The minimum absolute atomic E-state index is 0.162. The summed E-state index contributed by atoms with van der Waals surface area (Å²) in [5.41, 5.74) is 0. The molecule has 0 unspecified atom stereocenters. The summed E-state index contributed by atoms with van der Waals surface area (Å²) < 4.78 is 4.75. The van der Waals surface area contributed by atoms with E-state index in [9.17, 15) is 9.59 Å². The molecule has 6 heteroatoms. The van der Waals surface area contributed by atoms with Crippen molar-refractivity contribution in [2.75, 3.05) is 24.9 Å². The molecule has 2 rings (SSSR count). The van der Waals surface area contributed by atoms with Gasteiger partial charge in [0.25, 0.3) is 0 Å². The Bertz CT molecular complexity index is 705. The Morgan fingerprint density at radius 3 is 2.62 bits per heavy atom. The number of carbonyl (C=O) groups excluding carboxylic acids is 2. The summed E-state index contributed by atoms with van der Waals surface area (Å²) in [5.74, 6) is 0.501. The molecule has 0 spiro atoms. The molecular weight excluding hydrogens is 342 g/mol. The minimum Gasteiger partial charge on any atom is -0.467 e. The SMILES string of the molecule is COC(=O)[C@H](CCSC)NC(=O)CSc1ccc2ccccc2c1. The van der Waals surface area contributed by atoms with Gasteiger partial charge in [-0.15, -0.1) is 11.8 Å².